The fourth-order valence-electron chi connectivity index (χ4n) is 0.992. The number of halogens is 1. The molecule has 0 spiro atoms. The van der Waals surface area contributed by atoms with Gasteiger partial charge in [-0.25, -0.2) is 0 Å². The number of hydrogen-bond acceptors (Lipinski definition) is 3. The monoisotopic (exact) mass is 335 g/mol. The molecule has 0 fully saturated rings. The Hall–Kier alpha value is -0.820. The van der Waals surface area contributed by atoms with Crippen LogP contribution >= 0.6 is 22.6 Å². The van der Waals surface area contributed by atoms with E-state index in [2.05, 4.69) is 27.9 Å². The number of hydrogen-bond donors (Lipinski definition) is 2. The highest BCUT2D eigenvalue weighted by molar-refractivity contribution is 14.1. The van der Waals surface area contributed by atoms with Crippen molar-refractivity contribution >= 4 is 28.5 Å². The third-order valence-electron chi connectivity index (χ3n) is 1.78. The van der Waals surface area contributed by atoms with Crippen molar-refractivity contribution in [3.63, 3.8) is 0 Å². The Morgan fingerprint density at radius 1 is 1.50 bits per heavy atom. The first kappa shape index (κ1) is 13.2. The van der Waals surface area contributed by atoms with Crippen LogP contribution in [0.4, 0.5) is 0 Å². The topological polar surface area (TPSA) is 58.6 Å². The number of nitrogens with one attached hydrogen (secondary N) is 1. The second kappa shape index (κ2) is 6.70. The van der Waals surface area contributed by atoms with Gasteiger partial charge in [0.05, 0.1) is 6.10 Å². The SMILES string of the molecule is CC(O)CNC(=O)COc1ccc(I)cc1. The molecule has 1 aromatic rings. The average Bonchev–Trinajstić information content (AvgIpc) is 2.25. The normalized spacial score (nSPS) is 11.9. The summed E-state index contributed by atoms with van der Waals surface area (Å²) in [5.74, 6) is 0.423. The fraction of sp³-hybridized carbons (Fsp3) is 0.364. The molecule has 1 aromatic carbocycles. The Bertz CT molecular complexity index is 338. The van der Waals surface area contributed by atoms with Gasteiger partial charge in [0.15, 0.2) is 6.61 Å². The summed E-state index contributed by atoms with van der Waals surface area (Å²) >= 11 is 2.20. The number of ether oxygens (including phenoxy) is 1. The molecular weight excluding hydrogens is 321 g/mol. The van der Waals surface area contributed by atoms with E-state index >= 15 is 0 Å². The summed E-state index contributed by atoms with van der Waals surface area (Å²) in [6, 6.07) is 7.43. The molecule has 5 heteroatoms. The molecule has 0 bridgehead atoms. The van der Waals surface area contributed by atoms with E-state index in [0.29, 0.717) is 5.75 Å². The lowest BCUT2D eigenvalue weighted by atomic mass is 10.3. The highest BCUT2D eigenvalue weighted by Gasteiger charge is 2.03. The summed E-state index contributed by atoms with van der Waals surface area (Å²) in [5.41, 5.74) is 0. The average molecular weight is 335 g/mol. The van der Waals surface area contributed by atoms with Crippen LogP contribution in [0, 0.1) is 3.57 Å². The van der Waals surface area contributed by atoms with Crippen LogP contribution in [0.3, 0.4) is 0 Å². The van der Waals surface area contributed by atoms with Gasteiger partial charge in [-0.2, -0.15) is 0 Å². The van der Waals surface area contributed by atoms with E-state index < -0.39 is 6.10 Å². The van der Waals surface area contributed by atoms with Crippen molar-refractivity contribution in [3.8, 4) is 5.75 Å². The molecular formula is C11H14INO3. The number of aliphatic hydroxyl groups excluding tert-OH is 1. The largest absolute Gasteiger partial charge is 0.484 e. The summed E-state index contributed by atoms with van der Waals surface area (Å²) < 4.78 is 6.37. The molecule has 0 aromatic heterocycles. The lowest BCUT2D eigenvalue weighted by molar-refractivity contribution is -0.123. The van der Waals surface area contributed by atoms with Crippen LogP contribution in [0.2, 0.25) is 0 Å². The Labute approximate surface area is 108 Å². The van der Waals surface area contributed by atoms with E-state index in [1.54, 1.807) is 6.92 Å². The lowest BCUT2D eigenvalue weighted by Gasteiger charge is -2.08. The van der Waals surface area contributed by atoms with Crippen LogP contribution in [0.1, 0.15) is 6.92 Å². The number of carbonyl (C=O) groups excluding carboxylic acids is 1. The smallest absolute Gasteiger partial charge is 0.258 e. The molecule has 1 rings (SSSR count). The standard InChI is InChI=1S/C11H14INO3/c1-8(14)6-13-11(15)7-16-10-4-2-9(12)3-5-10/h2-5,8,14H,6-7H2,1H3,(H,13,15). The van der Waals surface area contributed by atoms with Gasteiger partial charge in [0.2, 0.25) is 0 Å². The van der Waals surface area contributed by atoms with E-state index in [-0.39, 0.29) is 19.1 Å². The van der Waals surface area contributed by atoms with Crippen molar-refractivity contribution < 1.29 is 14.6 Å². The molecule has 0 radical (unpaired) electrons. The minimum absolute atomic E-state index is 0.0344. The highest BCUT2D eigenvalue weighted by Crippen LogP contribution is 2.12. The van der Waals surface area contributed by atoms with Gasteiger partial charge in [-0.15, -0.1) is 0 Å². The van der Waals surface area contributed by atoms with Gasteiger partial charge in [0.25, 0.3) is 5.91 Å². The van der Waals surface area contributed by atoms with Crippen LogP contribution in [0.5, 0.6) is 5.75 Å². The van der Waals surface area contributed by atoms with Crippen molar-refractivity contribution in [3.05, 3.63) is 27.8 Å². The molecule has 0 saturated heterocycles. The van der Waals surface area contributed by atoms with Gasteiger partial charge < -0.3 is 15.2 Å². The first-order chi connectivity index (χ1) is 7.58. The summed E-state index contributed by atoms with van der Waals surface area (Å²) in [6.07, 6.45) is -0.540. The summed E-state index contributed by atoms with van der Waals surface area (Å²) in [6.45, 7) is 1.82. The molecule has 1 unspecified atom stereocenters. The Morgan fingerprint density at radius 3 is 2.69 bits per heavy atom. The Kier molecular flexibility index (Phi) is 5.54. The van der Waals surface area contributed by atoms with Crippen LogP contribution < -0.4 is 10.1 Å². The zero-order valence-electron chi connectivity index (χ0n) is 8.94. The van der Waals surface area contributed by atoms with Crippen LogP contribution in [0.15, 0.2) is 24.3 Å². The maximum atomic E-state index is 11.2. The first-order valence-electron chi connectivity index (χ1n) is 4.91. The second-order valence-corrected chi connectivity index (χ2v) is 4.64. The Morgan fingerprint density at radius 2 is 2.12 bits per heavy atom. The van der Waals surface area contributed by atoms with Gasteiger partial charge in [-0.05, 0) is 53.8 Å². The van der Waals surface area contributed by atoms with Gasteiger partial charge in [-0.3, -0.25) is 4.79 Å². The number of benzene rings is 1. The van der Waals surface area contributed by atoms with Crippen LogP contribution in [-0.2, 0) is 4.79 Å². The molecule has 0 saturated carbocycles. The fourth-order valence-corrected chi connectivity index (χ4v) is 1.35. The quantitative estimate of drug-likeness (QED) is 0.795. The zero-order chi connectivity index (χ0) is 12.0. The maximum absolute atomic E-state index is 11.2. The molecule has 88 valence electrons. The molecule has 2 N–H and O–H groups in total. The third kappa shape index (κ3) is 5.32. The number of rotatable bonds is 5. The molecule has 0 aliphatic rings. The van der Waals surface area contributed by atoms with Crippen molar-refractivity contribution in [1.29, 1.82) is 0 Å². The summed E-state index contributed by atoms with van der Waals surface area (Å²) in [5, 5.41) is 11.5. The molecule has 0 aliphatic heterocycles. The van der Waals surface area contributed by atoms with Gasteiger partial charge in [0.1, 0.15) is 5.75 Å². The predicted molar refractivity (Wildman–Crippen MR) is 69.3 cm³/mol. The summed E-state index contributed by atoms with van der Waals surface area (Å²) in [7, 11) is 0. The van der Waals surface area contributed by atoms with E-state index in [9.17, 15) is 4.79 Å². The van der Waals surface area contributed by atoms with E-state index in [0.717, 1.165) is 3.57 Å². The van der Waals surface area contributed by atoms with E-state index in [1.165, 1.54) is 0 Å². The van der Waals surface area contributed by atoms with E-state index in [1.807, 2.05) is 24.3 Å². The van der Waals surface area contributed by atoms with Crippen molar-refractivity contribution in [2.75, 3.05) is 13.2 Å². The van der Waals surface area contributed by atoms with Gasteiger partial charge in [0, 0.05) is 10.1 Å². The minimum Gasteiger partial charge on any atom is -0.484 e. The minimum atomic E-state index is -0.540. The highest BCUT2D eigenvalue weighted by atomic mass is 127. The molecule has 0 aliphatic carbocycles. The first-order valence-corrected chi connectivity index (χ1v) is 5.99. The molecule has 4 nitrogen and oxygen atoms in total. The number of aliphatic hydroxyl groups is 1. The third-order valence-corrected chi connectivity index (χ3v) is 2.50. The number of carbonyl (C=O) groups is 1. The zero-order valence-corrected chi connectivity index (χ0v) is 11.1. The van der Waals surface area contributed by atoms with Crippen LogP contribution in [0.25, 0.3) is 0 Å². The van der Waals surface area contributed by atoms with Crippen molar-refractivity contribution in [2.45, 2.75) is 13.0 Å². The predicted octanol–water partition coefficient (Wildman–Crippen LogP) is 1.17. The second-order valence-electron chi connectivity index (χ2n) is 3.40. The lowest BCUT2D eigenvalue weighted by Crippen LogP contribution is -2.34. The number of amides is 1. The van der Waals surface area contributed by atoms with Gasteiger partial charge >= 0.3 is 0 Å². The molecule has 0 heterocycles. The maximum Gasteiger partial charge on any atom is 0.258 e. The van der Waals surface area contributed by atoms with Crippen LogP contribution in [-0.4, -0.2) is 30.3 Å². The van der Waals surface area contributed by atoms with Crippen molar-refractivity contribution in [2.24, 2.45) is 0 Å². The molecule has 1 atom stereocenters. The summed E-state index contributed by atoms with van der Waals surface area (Å²) in [4.78, 5) is 11.2. The van der Waals surface area contributed by atoms with Gasteiger partial charge in [-0.1, -0.05) is 0 Å². The van der Waals surface area contributed by atoms with E-state index in [4.69, 9.17) is 9.84 Å². The molecule has 1 amide bonds. The Balaban J connectivity index is 2.29. The molecule has 16 heavy (non-hydrogen) atoms. The van der Waals surface area contributed by atoms with Crippen molar-refractivity contribution in [1.82, 2.24) is 5.32 Å².